The van der Waals surface area contributed by atoms with Crippen LogP contribution >= 0.6 is 0 Å². The van der Waals surface area contributed by atoms with Crippen LogP contribution in [0.2, 0.25) is 0 Å². The minimum atomic E-state index is -3.31. The zero-order valence-electron chi connectivity index (χ0n) is 12.4. The van der Waals surface area contributed by atoms with Crippen molar-refractivity contribution in [3.8, 4) is 0 Å². The van der Waals surface area contributed by atoms with Gasteiger partial charge >= 0.3 is 6.09 Å². The van der Waals surface area contributed by atoms with E-state index >= 15 is 0 Å². The van der Waals surface area contributed by atoms with E-state index < -0.39 is 28.3 Å². The number of para-hydroxylation sites is 1. The fraction of sp³-hybridized carbons (Fsp3) is 0.125. The van der Waals surface area contributed by atoms with Crippen LogP contribution in [0.3, 0.4) is 0 Å². The second-order valence-corrected chi connectivity index (χ2v) is 6.80. The van der Waals surface area contributed by atoms with Crippen LogP contribution in [0.25, 0.3) is 0 Å². The molecule has 0 aromatic heterocycles. The molecule has 0 saturated heterocycles. The van der Waals surface area contributed by atoms with Crippen LogP contribution in [0.5, 0.6) is 0 Å². The SMILES string of the molecule is CS(=O)(=O)c1ccc(C(=O)COC(=O)Nc2ccccc2)cc1. The molecule has 0 atom stereocenters. The largest absolute Gasteiger partial charge is 0.441 e. The van der Waals surface area contributed by atoms with Crippen LogP contribution in [0.15, 0.2) is 59.5 Å². The maximum Gasteiger partial charge on any atom is 0.412 e. The van der Waals surface area contributed by atoms with Gasteiger partial charge in [-0.05, 0) is 36.4 Å². The average molecular weight is 333 g/mol. The van der Waals surface area contributed by atoms with Crippen molar-refractivity contribution in [3.63, 3.8) is 0 Å². The molecule has 7 heteroatoms. The van der Waals surface area contributed by atoms with Gasteiger partial charge in [0.05, 0.1) is 4.90 Å². The first-order valence-electron chi connectivity index (χ1n) is 6.68. The van der Waals surface area contributed by atoms with Crippen molar-refractivity contribution in [3.05, 3.63) is 60.2 Å². The summed E-state index contributed by atoms with van der Waals surface area (Å²) in [6.07, 6.45) is 0.346. The van der Waals surface area contributed by atoms with Crippen LogP contribution in [-0.2, 0) is 14.6 Å². The molecule has 0 aliphatic rings. The number of ether oxygens (including phenoxy) is 1. The fourth-order valence-corrected chi connectivity index (χ4v) is 2.41. The molecule has 0 radical (unpaired) electrons. The predicted octanol–water partition coefficient (Wildman–Crippen LogP) is 2.52. The van der Waals surface area contributed by atoms with Gasteiger partial charge in [-0.1, -0.05) is 18.2 Å². The molecule has 0 fully saturated rings. The number of rotatable bonds is 5. The minimum absolute atomic E-state index is 0.122. The lowest BCUT2D eigenvalue weighted by Crippen LogP contribution is -2.19. The second-order valence-electron chi connectivity index (χ2n) is 4.79. The molecule has 0 bridgehead atoms. The Balaban J connectivity index is 1.91. The molecule has 0 aliphatic carbocycles. The Hall–Kier alpha value is -2.67. The van der Waals surface area contributed by atoms with Crippen molar-refractivity contribution in [2.75, 3.05) is 18.2 Å². The molecule has 1 amide bonds. The summed E-state index contributed by atoms with van der Waals surface area (Å²) in [7, 11) is -3.31. The maximum atomic E-state index is 11.9. The molecule has 120 valence electrons. The molecule has 2 rings (SSSR count). The number of nitrogens with one attached hydrogen (secondary N) is 1. The van der Waals surface area contributed by atoms with Gasteiger partial charge in [-0.25, -0.2) is 13.2 Å². The highest BCUT2D eigenvalue weighted by Gasteiger charge is 2.12. The number of Topliss-reactive ketones (excluding diaryl/α,β-unsaturated/α-hetero) is 1. The van der Waals surface area contributed by atoms with Gasteiger partial charge in [0.1, 0.15) is 0 Å². The molecule has 0 unspecified atom stereocenters. The number of carbonyl (C=O) groups is 2. The fourth-order valence-electron chi connectivity index (χ4n) is 1.78. The van der Waals surface area contributed by atoms with Crippen LogP contribution < -0.4 is 5.32 Å². The van der Waals surface area contributed by atoms with Gasteiger partial charge in [0.2, 0.25) is 0 Å². The summed E-state index contributed by atoms with van der Waals surface area (Å²) in [4.78, 5) is 23.6. The van der Waals surface area contributed by atoms with E-state index in [0.717, 1.165) is 6.26 Å². The van der Waals surface area contributed by atoms with Crippen molar-refractivity contribution in [1.82, 2.24) is 0 Å². The number of benzene rings is 2. The van der Waals surface area contributed by atoms with Crippen LogP contribution in [0, 0.1) is 0 Å². The molecular formula is C16H15NO5S. The molecule has 0 heterocycles. The lowest BCUT2D eigenvalue weighted by Gasteiger charge is -2.06. The molecule has 6 nitrogen and oxygen atoms in total. The number of ketones is 1. The van der Waals surface area contributed by atoms with Crippen molar-refractivity contribution < 1.29 is 22.7 Å². The highest BCUT2D eigenvalue weighted by atomic mass is 32.2. The molecule has 0 saturated carbocycles. The number of hydrogen-bond donors (Lipinski definition) is 1. The highest BCUT2D eigenvalue weighted by Crippen LogP contribution is 2.11. The third-order valence-corrected chi connectivity index (χ3v) is 4.09. The van der Waals surface area contributed by atoms with E-state index in [9.17, 15) is 18.0 Å². The Morgan fingerprint density at radius 2 is 1.61 bits per heavy atom. The van der Waals surface area contributed by atoms with Gasteiger partial charge in [0, 0.05) is 17.5 Å². The minimum Gasteiger partial charge on any atom is -0.441 e. The summed E-state index contributed by atoms with van der Waals surface area (Å²) >= 11 is 0. The third kappa shape index (κ3) is 4.93. The van der Waals surface area contributed by atoms with Gasteiger partial charge < -0.3 is 4.74 Å². The van der Waals surface area contributed by atoms with E-state index in [0.29, 0.717) is 5.69 Å². The van der Waals surface area contributed by atoms with E-state index in [-0.39, 0.29) is 10.5 Å². The zero-order chi connectivity index (χ0) is 16.9. The molecular weight excluding hydrogens is 318 g/mol. The Morgan fingerprint density at radius 3 is 2.17 bits per heavy atom. The number of sulfone groups is 1. The summed E-state index contributed by atoms with van der Waals surface area (Å²) in [5.41, 5.74) is 0.826. The zero-order valence-corrected chi connectivity index (χ0v) is 13.2. The average Bonchev–Trinajstić information content (AvgIpc) is 2.53. The summed E-state index contributed by atoms with van der Waals surface area (Å²) in [6.45, 7) is -0.434. The van der Waals surface area contributed by atoms with Crippen LogP contribution in [-0.4, -0.2) is 33.2 Å². The Morgan fingerprint density at radius 1 is 1.00 bits per heavy atom. The number of hydrogen-bond acceptors (Lipinski definition) is 5. The first kappa shape index (κ1) is 16.7. The Bertz CT molecular complexity index is 798. The first-order chi connectivity index (χ1) is 10.9. The Labute approximate surface area is 134 Å². The number of anilines is 1. The van der Waals surface area contributed by atoms with Gasteiger partial charge in [-0.3, -0.25) is 10.1 Å². The van der Waals surface area contributed by atoms with Crippen molar-refractivity contribution >= 4 is 27.4 Å². The lowest BCUT2D eigenvalue weighted by atomic mass is 10.1. The quantitative estimate of drug-likeness (QED) is 0.849. The maximum absolute atomic E-state index is 11.9. The molecule has 1 N–H and O–H groups in total. The van der Waals surface area contributed by atoms with E-state index in [1.165, 1.54) is 24.3 Å². The second kappa shape index (κ2) is 7.06. The van der Waals surface area contributed by atoms with E-state index in [4.69, 9.17) is 4.74 Å². The van der Waals surface area contributed by atoms with E-state index in [1.54, 1.807) is 30.3 Å². The van der Waals surface area contributed by atoms with Gasteiger partial charge in [-0.2, -0.15) is 0 Å². The topological polar surface area (TPSA) is 89.5 Å². The molecule has 2 aromatic carbocycles. The van der Waals surface area contributed by atoms with Gasteiger partial charge in [-0.15, -0.1) is 0 Å². The van der Waals surface area contributed by atoms with Gasteiger partial charge in [0.25, 0.3) is 0 Å². The monoisotopic (exact) mass is 333 g/mol. The smallest absolute Gasteiger partial charge is 0.412 e. The van der Waals surface area contributed by atoms with Crippen molar-refractivity contribution in [1.29, 1.82) is 0 Å². The normalized spacial score (nSPS) is 10.8. The molecule has 2 aromatic rings. The van der Waals surface area contributed by atoms with Crippen molar-refractivity contribution in [2.45, 2.75) is 4.90 Å². The molecule has 0 spiro atoms. The standard InChI is InChI=1S/C16H15NO5S/c1-23(20,21)14-9-7-12(8-10-14)15(18)11-22-16(19)17-13-5-3-2-4-6-13/h2-10H,11H2,1H3,(H,17,19). The lowest BCUT2D eigenvalue weighted by molar-refractivity contribution is 0.0863. The summed E-state index contributed by atoms with van der Waals surface area (Å²) in [5.74, 6) is -0.423. The number of carbonyl (C=O) groups excluding carboxylic acids is 2. The number of amides is 1. The van der Waals surface area contributed by atoms with Crippen LogP contribution in [0.4, 0.5) is 10.5 Å². The van der Waals surface area contributed by atoms with Crippen LogP contribution in [0.1, 0.15) is 10.4 Å². The summed E-state index contributed by atoms with van der Waals surface area (Å²) in [5, 5.41) is 2.49. The van der Waals surface area contributed by atoms with Gasteiger partial charge in [0.15, 0.2) is 22.2 Å². The first-order valence-corrected chi connectivity index (χ1v) is 8.57. The van der Waals surface area contributed by atoms with Crippen molar-refractivity contribution in [2.24, 2.45) is 0 Å². The molecule has 0 aliphatic heterocycles. The highest BCUT2D eigenvalue weighted by molar-refractivity contribution is 7.90. The summed E-state index contributed by atoms with van der Waals surface area (Å²) < 4.78 is 27.5. The van der Waals surface area contributed by atoms with E-state index in [1.807, 2.05) is 0 Å². The van der Waals surface area contributed by atoms with E-state index in [2.05, 4.69) is 5.32 Å². The third-order valence-electron chi connectivity index (χ3n) is 2.96. The molecule has 23 heavy (non-hydrogen) atoms. The predicted molar refractivity (Wildman–Crippen MR) is 85.3 cm³/mol. The summed E-state index contributed by atoms with van der Waals surface area (Å²) in [6, 6.07) is 14.1. The Kier molecular flexibility index (Phi) is 5.13.